The Bertz CT molecular complexity index is 1380. The van der Waals surface area contributed by atoms with Gasteiger partial charge in [0.2, 0.25) is 0 Å². The predicted octanol–water partition coefficient (Wildman–Crippen LogP) is 7.20. The number of allylic oxidation sites excluding steroid dienone is 2. The van der Waals surface area contributed by atoms with E-state index < -0.39 is 0 Å². The molecule has 0 N–H and O–H groups in total. The van der Waals surface area contributed by atoms with Gasteiger partial charge in [-0.3, -0.25) is 4.98 Å². The van der Waals surface area contributed by atoms with Crippen molar-refractivity contribution in [2.75, 3.05) is 0 Å². The van der Waals surface area contributed by atoms with Gasteiger partial charge in [0, 0.05) is 31.9 Å². The van der Waals surface area contributed by atoms with Crippen LogP contribution in [0.15, 0.2) is 97.2 Å². The Morgan fingerprint density at radius 3 is 2.15 bits per heavy atom. The minimum Gasteiger partial charge on any atom is -0.355 e. The van der Waals surface area contributed by atoms with Crippen LogP contribution in [0.1, 0.15) is 26.3 Å². The Labute approximate surface area is 214 Å². The molecule has 0 unspecified atom stereocenters. The quantitative estimate of drug-likeness (QED) is 0.196. The fourth-order valence-electron chi connectivity index (χ4n) is 4.47. The van der Waals surface area contributed by atoms with E-state index in [0.717, 1.165) is 28.2 Å². The van der Waals surface area contributed by atoms with Crippen LogP contribution in [0.4, 0.5) is 0 Å². The largest absolute Gasteiger partial charge is 0.355 e. The normalized spacial score (nSPS) is 13.3. The zero-order chi connectivity index (χ0) is 22.8. The van der Waals surface area contributed by atoms with E-state index in [4.69, 9.17) is 4.98 Å². The topological polar surface area (TPSA) is 30.7 Å². The molecular weight excluding hydrogens is 595 g/mol. The average molecular weight is 620 g/mol. The molecule has 0 saturated heterocycles. The maximum Gasteiger partial charge on any atom is 0.0777 e. The number of imidazole rings is 1. The molecule has 3 heterocycles. The molecule has 1 radical (unpaired) electrons. The van der Waals surface area contributed by atoms with Gasteiger partial charge < -0.3 is 9.55 Å². The van der Waals surface area contributed by atoms with Crippen LogP contribution < -0.4 is 0 Å². The van der Waals surface area contributed by atoms with Crippen molar-refractivity contribution in [2.45, 2.75) is 26.3 Å². The first-order valence-corrected chi connectivity index (χ1v) is 11.1. The molecule has 3 nitrogen and oxygen atoms in total. The van der Waals surface area contributed by atoms with Gasteiger partial charge in [-0.25, -0.2) is 0 Å². The van der Waals surface area contributed by atoms with Gasteiger partial charge in [0.1, 0.15) is 0 Å². The van der Waals surface area contributed by atoms with Crippen molar-refractivity contribution in [1.29, 1.82) is 0 Å². The van der Waals surface area contributed by atoms with Crippen LogP contribution in [0.25, 0.3) is 39.3 Å². The molecular formula is C30H25IrN3-2. The molecule has 0 saturated carbocycles. The summed E-state index contributed by atoms with van der Waals surface area (Å²) < 4.78 is 2.34. The summed E-state index contributed by atoms with van der Waals surface area (Å²) in [7, 11) is 0. The molecule has 6 rings (SSSR count). The SMILES string of the molecule is CC1=CC(C)(C)n2c(-c3[c-]cccc3)nc3cccc1c32.[Ir].[c-]1ccccc1-c1ccccn1. The van der Waals surface area contributed by atoms with Gasteiger partial charge in [-0.1, -0.05) is 30.3 Å². The minimum atomic E-state index is -0.0911. The van der Waals surface area contributed by atoms with Gasteiger partial charge >= 0.3 is 0 Å². The molecule has 5 aromatic rings. The molecule has 0 aliphatic carbocycles. The van der Waals surface area contributed by atoms with Crippen molar-refractivity contribution in [3.8, 4) is 22.6 Å². The second kappa shape index (κ2) is 9.88. The summed E-state index contributed by atoms with van der Waals surface area (Å²) in [5.41, 5.74) is 7.85. The summed E-state index contributed by atoms with van der Waals surface area (Å²) in [5, 5.41) is 0. The molecule has 0 spiro atoms. The van der Waals surface area contributed by atoms with Gasteiger partial charge in [0.25, 0.3) is 0 Å². The van der Waals surface area contributed by atoms with Crippen LogP contribution in [0, 0.1) is 12.1 Å². The molecule has 0 amide bonds. The number of nitrogens with zero attached hydrogens (tertiary/aromatic N) is 3. The summed E-state index contributed by atoms with van der Waals surface area (Å²) in [6, 6.07) is 34.5. The van der Waals surface area contributed by atoms with Crippen molar-refractivity contribution in [3.05, 3.63) is 115 Å². The Morgan fingerprint density at radius 2 is 1.50 bits per heavy atom. The number of hydrogen-bond acceptors (Lipinski definition) is 2. The Balaban J connectivity index is 0.000000180. The average Bonchev–Trinajstić information content (AvgIpc) is 3.26. The molecule has 1 aliphatic rings. The van der Waals surface area contributed by atoms with Gasteiger partial charge in [-0.2, -0.15) is 0 Å². The van der Waals surface area contributed by atoms with Gasteiger partial charge in [-0.15, -0.1) is 71.8 Å². The number of hydrogen-bond donors (Lipinski definition) is 0. The van der Waals surface area contributed by atoms with E-state index in [1.165, 1.54) is 16.7 Å². The van der Waals surface area contributed by atoms with E-state index in [0.29, 0.717) is 0 Å². The molecule has 3 aromatic carbocycles. The number of benzene rings is 3. The van der Waals surface area contributed by atoms with E-state index in [1.54, 1.807) is 6.20 Å². The maximum atomic E-state index is 4.88. The second-order valence-electron chi connectivity index (χ2n) is 8.69. The fourth-order valence-corrected chi connectivity index (χ4v) is 4.47. The number of para-hydroxylation sites is 1. The maximum absolute atomic E-state index is 4.88. The summed E-state index contributed by atoms with van der Waals surface area (Å²) in [4.78, 5) is 9.10. The van der Waals surface area contributed by atoms with Crippen molar-refractivity contribution < 1.29 is 20.1 Å². The number of rotatable bonds is 2. The summed E-state index contributed by atoms with van der Waals surface area (Å²) >= 11 is 0. The van der Waals surface area contributed by atoms with Crippen molar-refractivity contribution in [2.24, 2.45) is 0 Å². The zero-order valence-corrected chi connectivity index (χ0v) is 21.8. The second-order valence-corrected chi connectivity index (χ2v) is 8.69. The molecule has 0 atom stereocenters. The van der Waals surface area contributed by atoms with Crippen LogP contribution >= 0.6 is 0 Å². The van der Waals surface area contributed by atoms with E-state index in [-0.39, 0.29) is 25.6 Å². The number of pyridine rings is 1. The Kier molecular flexibility index (Phi) is 6.92. The van der Waals surface area contributed by atoms with E-state index in [2.05, 4.69) is 72.8 Å². The Morgan fingerprint density at radius 1 is 0.794 bits per heavy atom. The molecule has 4 heteroatoms. The van der Waals surface area contributed by atoms with E-state index in [1.807, 2.05) is 60.7 Å². The van der Waals surface area contributed by atoms with E-state index in [9.17, 15) is 0 Å². The van der Waals surface area contributed by atoms with Crippen molar-refractivity contribution in [1.82, 2.24) is 14.5 Å². The van der Waals surface area contributed by atoms with Crippen molar-refractivity contribution >= 4 is 16.6 Å². The first kappa shape index (κ1) is 23.8. The number of aromatic nitrogens is 3. The van der Waals surface area contributed by atoms with Crippen LogP contribution in [0.5, 0.6) is 0 Å². The minimum absolute atomic E-state index is 0. The van der Waals surface area contributed by atoms with Gasteiger partial charge in [0.05, 0.1) is 22.4 Å². The molecule has 0 fully saturated rings. The fraction of sp³-hybridized carbons (Fsp3) is 0.133. The first-order chi connectivity index (χ1) is 16.0. The van der Waals surface area contributed by atoms with Crippen LogP contribution in [-0.4, -0.2) is 14.5 Å². The predicted molar refractivity (Wildman–Crippen MR) is 135 cm³/mol. The third-order valence-electron chi connectivity index (χ3n) is 5.85. The molecule has 2 aromatic heterocycles. The Hall–Kier alpha value is -3.33. The van der Waals surface area contributed by atoms with E-state index >= 15 is 0 Å². The third kappa shape index (κ3) is 4.52. The zero-order valence-electron chi connectivity index (χ0n) is 19.4. The van der Waals surface area contributed by atoms with Gasteiger partial charge in [0.15, 0.2) is 0 Å². The van der Waals surface area contributed by atoms with Crippen LogP contribution in [-0.2, 0) is 25.6 Å². The molecule has 171 valence electrons. The molecule has 34 heavy (non-hydrogen) atoms. The summed E-state index contributed by atoms with van der Waals surface area (Å²) in [6.45, 7) is 6.65. The summed E-state index contributed by atoms with van der Waals surface area (Å²) in [5.74, 6) is 0.992. The smallest absolute Gasteiger partial charge is 0.0777 e. The standard InChI is InChI=1S/C19H17N2.C11H8N.Ir/c1-13-12-19(2,3)21-17-15(13)10-7-11-16(17)20-18(21)14-8-5-4-6-9-14;1-2-6-10(7-3-1)11-8-4-5-9-12-11;/h4-8,10-12H,1-3H3;1-6,8-9H;/q2*-1;. The first-order valence-electron chi connectivity index (χ1n) is 11.1. The van der Waals surface area contributed by atoms with Crippen molar-refractivity contribution in [3.63, 3.8) is 0 Å². The van der Waals surface area contributed by atoms with Crippen LogP contribution in [0.3, 0.4) is 0 Å². The molecule has 0 bridgehead atoms. The third-order valence-corrected chi connectivity index (χ3v) is 5.85. The molecule has 1 aliphatic heterocycles. The summed E-state index contributed by atoms with van der Waals surface area (Å²) in [6.07, 6.45) is 4.11. The van der Waals surface area contributed by atoms with Crippen LogP contribution in [0.2, 0.25) is 0 Å². The monoisotopic (exact) mass is 620 g/mol. The van der Waals surface area contributed by atoms with Gasteiger partial charge in [-0.05, 0) is 44.2 Å².